The zero-order valence-electron chi connectivity index (χ0n) is 10.3. The third-order valence-corrected chi connectivity index (χ3v) is 3.18. The van der Waals surface area contributed by atoms with E-state index in [1.54, 1.807) is 34.8 Å². The lowest BCUT2D eigenvalue weighted by Gasteiger charge is -2.16. The van der Waals surface area contributed by atoms with Crippen LogP contribution >= 0.6 is 0 Å². The van der Waals surface area contributed by atoms with E-state index in [2.05, 4.69) is 5.32 Å². The molecule has 1 fully saturated rings. The summed E-state index contributed by atoms with van der Waals surface area (Å²) in [6.07, 6.45) is 0.211. The van der Waals surface area contributed by atoms with Crippen molar-refractivity contribution in [1.29, 1.82) is 0 Å². The number of nitrogens with one attached hydrogen (secondary N) is 1. The summed E-state index contributed by atoms with van der Waals surface area (Å²) in [4.78, 5) is 13.6. The molecular formula is C12H17F2N3O. The minimum absolute atomic E-state index is 0.0360. The van der Waals surface area contributed by atoms with E-state index < -0.39 is 6.43 Å². The maximum Gasteiger partial charge on any atom is 0.268 e. The Kier molecular flexibility index (Phi) is 3.96. The number of alkyl halides is 2. The van der Waals surface area contributed by atoms with Gasteiger partial charge in [-0.2, -0.15) is 0 Å². The van der Waals surface area contributed by atoms with E-state index in [9.17, 15) is 13.6 Å². The van der Waals surface area contributed by atoms with E-state index in [-0.39, 0.29) is 18.5 Å². The molecule has 6 heteroatoms. The average molecular weight is 257 g/mol. The van der Waals surface area contributed by atoms with E-state index in [1.165, 1.54) is 0 Å². The van der Waals surface area contributed by atoms with E-state index in [4.69, 9.17) is 0 Å². The molecule has 1 aromatic rings. The van der Waals surface area contributed by atoms with Crippen molar-refractivity contribution in [2.75, 3.05) is 19.6 Å². The number of rotatable bonds is 4. The van der Waals surface area contributed by atoms with Gasteiger partial charge in [0.15, 0.2) is 0 Å². The zero-order valence-corrected chi connectivity index (χ0v) is 10.3. The van der Waals surface area contributed by atoms with E-state index >= 15 is 0 Å². The molecule has 1 unspecified atom stereocenters. The van der Waals surface area contributed by atoms with Gasteiger partial charge in [0.25, 0.3) is 12.3 Å². The minimum atomic E-state index is -2.31. The molecule has 1 saturated heterocycles. The molecule has 1 aliphatic rings. The van der Waals surface area contributed by atoms with Gasteiger partial charge < -0.3 is 9.88 Å². The van der Waals surface area contributed by atoms with Crippen LogP contribution in [0.25, 0.3) is 0 Å². The van der Waals surface area contributed by atoms with Crippen LogP contribution in [-0.4, -0.2) is 47.5 Å². The van der Waals surface area contributed by atoms with Gasteiger partial charge in [-0.05, 0) is 18.6 Å². The highest BCUT2D eigenvalue weighted by atomic mass is 19.3. The van der Waals surface area contributed by atoms with Gasteiger partial charge in [0, 0.05) is 32.4 Å². The fourth-order valence-electron chi connectivity index (χ4n) is 2.27. The Balaban J connectivity index is 1.85. The third kappa shape index (κ3) is 3.07. The van der Waals surface area contributed by atoms with Gasteiger partial charge in [0.05, 0.1) is 6.54 Å². The van der Waals surface area contributed by atoms with Gasteiger partial charge in [0.1, 0.15) is 5.69 Å². The molecule has 2 rings (SSSR count). The monoisotopic (exact) mass is 257 g/mol. The van der Waals surface area contributed by atoms with Crippen molar-refractivity contribution in [3.8, 4) is 0 Å². The van der Waals surface area contributed by atoms with Crippen LogP contribution in [0.1, 0.15) is 16.9 Å². The number of amides is 1. The quantitative estimate of drug-likeness (QED) is 0.877. The first-order chi connectivity index (χ1) is 8.56. The van der Waals surface area contributed by atoms with Crippen molar-refractivity contribution < 1.29 is 13.6 Å². The van der Waals surface area contributed by atoms with Crippen LogP contribution in [0.4, 0.5) is 8.78 Å². The maximum atomic E-state index is 12.2. The number of nitrogens with zero attached hydrogens (tertiary/aromatic N) is 2. The summed E-state index contributed by atoms with van der Waals surface area (Å²) in [5.41, 5.74) is 0.585. The first-order valence-electron chi connectivity index (χ1n) is 5.99. The van der Waals surface area contributed by atoms with Crippen LogP contribution < -0.4 is 5.32 Å². The topological polar surface area (TPSA) is 37.3 Å². The van der Waals surface area contributed by atoms with Gasteiger partial charge in [-0.3, -0.25) is 9.69 Å². The number of halogens is 2. The Bertz CT molecular complexity index is 419. The zero-order chi connectivity index (χ0) is 13.1. The molecule has 0 bridgehead atoms. The number of hydrogen-bond acceptors (Lipinski definition) is 2. The summed E-state index contributed by atoms with van der Waals surface area (Å²) in [6, 6.07) is 3.50. The lowest BCUT2D eigenvalue weighted by molar-refractivity contribution is 0.0911. The van der Waals surface area contributed by atoms with Crippen LogP contribution in [0.3, 0.4) is 0 Å². The van der Waals surface area contributed by atoms with Crippen molar-refractivity contribution >= 4 is 5.91 Å². The number of hydrogen-bond donors (Lipinski definition) is 1. The fourth-order valence-corrected chi connectivity index (χ4v) is 2.27. The molecule has 1 atom stereocenters. The Labute approximate surface area is 105 Å². The first-order valence-corrected chi connectivity index (χ1v) is 5.99. The predicted molar refractivity (Wildman–Crippen MR) is 63.7 cm³/mol. The molecule has 0 spiro atoms. The molecule has 2 heterocycles. The molecule has 0 saturated carbocycles. The number of aryl methyl sites for hydroxylation is 1. The molecule has 1 aromatic heterocycles. The van der Waals surface area contributed by atoms with Crippen LogP contribution in [0, 0.1) is 0 Å². The summed E-state index contributed by atoms with van der Waals surface area (Å²) in [7, 11) is 1.80. The lowest BCUT2D eigenvalue weighted by atomic mass is 10.2. The Morgan fingerprint density at radius 3 is 3.00 bits per heavy atom. The fraction of sp³-hybridized carbons (Fsp3) is 0.583. The Morgan fingerprint density at radius 2 is 2.39 bits per heavy atom. The van der Waals surface area contributed by atoms with E-state index in [0.717, 1.165) is 6.42 Å². The highest BCUT2D eigenvalue weighted by molar-refractivity contribution is 5.92. The molecule has 1 amide bonds. The maximum absolute atomic E-state index is 12.2. The van der Waals surface area contributed by atoms with Gasteiger partial charge in [-0.1, -0.05) is 0 Å². The predicted octanol–water partition coefficient (Wildman–Crippen LogP) is 1.09. The molecule has 18 heavy (non-hydrogen) atoms. The summed E-state index contributed by atoms with van der Waals surface area (Å²) >= 11 is 0. The molecular weight excluding hydrogens is 240 g/mol. The van der Waals surface area contributed by atoms with Crippen molar-refractivity contribution in [2.24, 2.45) is 7.05 Å². The average Bonchev–Trinajstić information content (AvgIpc) is 2.87. The van der Waals surface area contributed by atoms with Crippen molar-refractivity contribution in [3.05, 3.63) is 24.0 Å². The number of carbonyl (C=O) groups excluding carboxylic acids is 1. The van der Waals surface area contributed by atoms with Crippen molar-refractivity contribution in [1.82, 2.24) is 14.8 Å². The minimum Gasteiger partial charge on any atom is -0.347 e. The highest BCUT2D eigenvalue weighted by Gasteiger charge is 2.26. The van der Waals surface area contributed by atoms with E-state index in [1.807, 2.05) is 0 Å². The SMILES string of the molecule is Cn1cccc1C(=O)NC1CCN(CC(F)F)C1. The molecule has 1 N–H and O–H groups in total. The molecule has 100 valence electrons. The summed E-state index contributed by atoms with van der Waals surface area (Å²) in [5.74, 6) is -0.147. The smallest absolute Gasteiger partial charge is 0.268 e. The highest BCUT2D eigenvalue weighted by Crippen LogP contribution is 2.12. The number of carbonyl (C=O) groups is 1. The second-order valence-electron chi connectivity index (χ2n) is 4.61. The molecule has 4 nitrogen and oxygen atoms in total. The van der Waals surface area contributed by atoms with Gasteiger partial charge >= 0.3 is 0 Å². The largest absolute Gasteiger partial charge is 0.347 e. The second-order valence-corrected chi connectivity index (χ2v) is 4.61. The number of aromatic nitrogens is 1. The Hall–Kier alpha value is -1.43. The lowest BCUT2D eigenvalue weighted by Crippen LogP contribution is -2.38. The standard InChI is InChI=1S/C12H17F2N3O/c1-16-5-2-3-10(16)12(18)15-9-4-6-17(7-9)8-11(13)14/h2-3,5,9,11H,4,6-8H2,1H3,(H,15,18). The molecule has 1 aliphatic heterocycles. The van der Waals surface area contributed by atoms with Crippen molar-refractivity contribution in [3.63, 3.8) is 0 Å². The molecule has 0 aromatic carbocycles. The molecule has 0 radical (unpaired) electrons. The molecule has 0 aliphatic carbocycles. The van der Waals surface area contributed by atoms with Crippen LogP contribution in [0.2, 0.25) is 0 Å². The van der Waals surface area contributed by atoms with E-state index in [0.29, 0.717) is 18.8 Å². The van der Waals surface area contributed by atoms with Gasteiger partial charge in [-0.25, -0.2) is 8.78 Å². The Morgan fingerprint density at radius 1 is 1.61 bits per heavy atom. The summed E-state index contributed by atoms with van der Waals surface area (Å²) in [5, 5.41) is 2.88. The van der Waals surface area contributed by atoms with Crippen LogP contribution in [0.5, 0.6) is 0 Å². The summed E-state index contributed by atoms with van der Waals surface area (Å²) in [6.45, 7) is 0.902. The number of likely N-dealkylation sites (tertiary alicyclic amines) is 1. The summed E-state index contributed by atoms with van der Waals surface area (Å²) < 4.78 is 26.2. The van der Waals surface area contributed by atoms with Crippen LogP contribution in [0.15, 0.2) is 18.3 Å². The van der Waals surface area contributed by atoms with Gasteiger partial charge in [-0.15, -0.1) is 0 Å². The van der Waals surface area contributed by atoms with Crippen LogP contribution in [-0.2, 0) is 7.05 Å². The van der Waals surface area contributed by atoms with Crippen molar-refractivity contribution in [2.45, 2.75) is 18.9 Å². The third-order valence-electron chi connectivity index (χ3n) is 3.18. The van der Waals surface area contributed by atoms with Gasteiger partial charge in [0.2, 0.25) is 0 Å². The first kappa shape index (κ1) is 13.0. The normalized spacial score (nSPS) is 20.6. The second kappa shape index (κ2) is 5.48.